The summed E-state index contributed by atoms with van der Waals surface area (Å²) >= 11 is 0. The van der Waals surface area contributed by atoms with E-state index in [0.717, 1.165) is 6.42 Å². The van der Waals surface area contributed by atoms with Crippen molar-refractivity contribution in [2.45, 2.75) is 69.3 Å². The summed E-state index contributed by atoms with van der Waals surface area (Å²) in [5.41, 5.74) is 0.246. The smallest absolute Gasteiger partial charge is 0.125 e. The highest BCUT2D eigenvalue weighted by atomic mass is 19.1. The zero-order valence-corrected chi connectivity index (χ0v) is 14.8. The van der Waals surface area contributed by atoms with E-state index in [1.165, 1.54) is 24.8 Å². The van der Waals surface area contributed by atoms with Gasteiger partial charge in [0.2, 0.25) is 0 Å². The maximum Gasteiger partial charge on any atom is 0.125 e. The number of benzene rings is 1. The molecule has 1 aliphatic carbocycles. The average molecular weight is 334 g/mol. The number of aliphatic hydroxyl groups excluding tert-OH is 1. The molecule has 1 aliphatic heterocycles. The molecule has 1 saturated heterocycles. The highest BCUT2D eigenvalue weighted by molar-refractivity contribution is 5.22. The maximum atomic E-state index is 15.1. The second-order valence-corrected chi connectivity index (χ2v) is 7.61. The molecule has 134 valence electrons. The van der Waals surface area contributed by atoms with Gasteiger partial charge in [-0.1, -0.05) is 43.2 Å². The lowest BCUT2D eigenvalue weighted by atomic mass is 9.79. The first kappa shape index (κ1) is 17.8. The van der Waals surface area contributed by atoms with Gasteiger partial charge in [-0.3, -0.25) is 4.90 Å². The van der Waals surface area contributed by atoms with Crippen LogP contribution in [0.3, 0.4) is 0 Å². The number of aliphatic hydroxyl groups is 1. The van der Waals surface area contributed by atoms with Crippen molar-refractivity contribution in [3.63, 3.8) is 0 Å². The van der Waals surface area contributed by atoms with Crippen molar-refractivity contribution in [1.82, 2.24) is 10.2 Å². The molecule has 2 fully saturated rings. The molecule has 0 radical (unpaired) electrons. The summed E-state index contributed by atoms with van der Waals surface area (Å²) < 4.78 is 15.1. The molecule has 2 aliphatic rings. The standard InChI is InChI=1S/C20H31FN2O/c1-16(24)23-13-11-20(21,12-14-23)15-22-19-10-6-5-9-18(19)17-7-3-2-4-8-17/h2-4,7-8,16,18-19,22,24H,5-6,9-15H2,1H3/t16?,18-,19+/m0/s1. The van der Waals surface area contributed by atoms with Gasteiger partial charge in [0.1, 0.15) is 11.9 Å². The Morgan fingerprint density at radius 1 is 1.21 bits per heavy atom. The van der Waals surface area contributed by atoms with Gasteiger partial charge in [-0.05, 0) is 44.1 Å². The number of halogens is 1. The third-order valence-corrected chi connectivity index (χ3v) is 5.90. The van der Waals surface area contributed by atoms with Gasteiger partial charge in [-0.25, -0.2) is 4.39 Å². The van der Waals surface area contributed by atoms with Crippen LogP contribution in [0.5, 0.6) is 0 Å². The Kier molecular flexibility index (Phi) is 5.90. The second-order valence-electron chi connectivity index (χ2n) is 7.61. The molecule has 1 saturated carbocycles. The summed E-state index contributed by atoms with van der Waals surface area (Å²) in [4.78, 5) is 1.95. The van der Waals surface area contributed by atoms with E-state index in [4.69, 9.17) is 0 Å². The zero-order chi connectivity index (χ0) is 17.0. The van der Waals surface area contributed by atoms with Crippen molar-refractivity contribution in [1.29, 1.82) is 0 Å². The van der Waals surface area contributed by atoms with Crippen molar-refractivity contribution in [3.8, 4) is 0 Å². The first-order valence-corrected chi connectivity index (χ1v) is 9.47. The highest BCUT2D eigenvalue weighted by Crippen LogP contribution is 2.34. The third-order valence-electron chi connectivity index (χ3n) is 5.90. The van der Waals surface area contributed by atoms with Crippen molar-refractivity contribution in [3.05, 3.63) is 35.9 Å². The van der Waals surface area contributed by atoms with E-state index in [2.05, 4.69) is 35.6 Å². The molecule has 1 unspecified atom stereocenters. The van der Waals surface area contributed by atoms with Crippen LogP contribution >= 0.6 is 0 Å². The summed E-state index contributed by atoms with van der Waals surface area (Å²) in [6.07, 6.45) is 5.37. The van der Waals surface area contributed by atoms with Crippen LogP contribution in [0.25, 0.3) is 0 Å². The van der Waals surface area contributed by atoms with Crippen LogP contribution in [0, 0.1) is 0 Å². The molecule has 0 bridgehead atoms. The first-order chi connectivity index (χ1) is 11.6. The summed E-state index contributed by atoms with van der Waals surface area (Å²) in [6.45, 7) is 3.48. The highest BCUT2D eigenvalue weighted by Gasteiger charge is 2.37. The molecule has 0 aromatic heterocycles. The van der Waals surface area contributed by atoms with Gasteiger partial charge in [0.05, 0.1) is 0 Å². The van der Waals surface area contributed by atoms with Crippen LogP contribution in [0.4, 0.5) is 4.39 Å². The number of likely N-dealkylation sites (tertiary alicyclic amines) is 1. The molecular weight excluding hydrogens is 303 g/mol. The van der Waals surface area contributed by atoms with Gasteiger partial charge >= 0.3 is 0 Å². The van der Waals surface area contributed by atoms with Gasteiger partial charge < -0.3 is 10.4 Å². The third kappa shape index (κ3) is 4.35. The Hall–Kier alpha value is -0.970. The van der Waals surface area contributed by atoms with E-state index in [0.29, 0.717) is 44.4 Å². The topological polar surface area (TPSA) is 35.5 Å². The minimum Gasteiger partial charge on any atom is -0.379 e. The Balaban J connectivity index is 1.56. The number of nitrogens with one attached hydrogen (secondary N) is 1. The van der Waals surface area contributed by atoms with E-state index < -0.39 is 11.9 Å². The van der Waals surface area contributed by atoms with Crippen molar-refractivity contribution >= 4 is 0 Å². The maximum absolute atomic E-state index is 15.1. The quantitative estimate of drug-likeness (QED) is 0.866. The fraction of sp³-hybridized carbons (Fsp3) is 0.700. The van der Waals surface area contributed by atoms with E-state index in [1.54, 1.807) is 6.92 Å². The molecule has 3 atom stereocenters. The largest absolute Gasteiger partial charge is 0.379 e. The predicted octanol–water partition coefficient (Wildman–Crippen LogP) is 3.44. The van der Waals surface area contributed by atoms with Crippen molar-refractivity contribution in [2.24, 2.45) is 0 Å². The summed E-state index contributed by atoms with van der Waals surface area (Å²) in [6, 6.07) is 11.0. The number of alkyl halides is 1. The fourth-order valence-electron chi connectivity index (χ4n) is 4.26. The van der Waals surface area contributed by atoms with Crippen LogP contribution in [-0.4, -0.2) is 47.6 Å². The lowest BCUT2D eigenvalue weighted by molar-refractivity contribution is -0.0338. The molecule has 1 heterocycles. The van der Waals surface area contributed by atoms with Crippen LogP contribution in [0.2, 0.25) is 0 Å². The predicted molar refractivity (Wildman–Crippen MR) is 95.8 cm³/mol. The molecular formula is C20H31FN2O. The molecule has 1 aromatic rings. The number of rotatable bonds is 5. The lowest BCUT2D eigenvalue weighted by Gasteiger charge is -2.40. The van der Waals surface area contributed by atoms with Gasteiger partial charge in [-0.2, -0.15) is 0 Å². The fourth-order valence-corrected chi connectivity index (χ4v) is 4.26. The Morgan fingerprint density at radius 2 is 1.88 bits per heavy atom. The minimum atomic E-state index is -1.13. The molecule has 0 amide bonds. The normalized spacial score (nSPS) is 29.3. The minimum absolute atomic E-state index is 0.378. The lowest BCUT2D eigenvalue weighted by Crippen LogP contribution is -2.51. The molecule has 24 heavy (non-hydrogen) atoms. The van der Waals surface area contributed by atoms with E-state index >= 15 is 4.39 Å². The number of nitrogens with zero attached hydrogens (tertiary/aromatic N) is 1. The summed E-state index contributed by atoms with van der Waals surface area (Å²) in [5, 5.41) is 13.2. The Morgan fingerprint density at radius 3 is 2.54 bits per heavy atom. The monoisotopic (exact) mass is 334 g/mol. The number of piperidine rings is 1. The zero-order valence-electron chi connectivity index (χ0n) is 14.8. The molecule has 2 N–H and O–H groups in total. The van der Waals surface area contributed by atoms with Crippen LogP contribution in [0.1, 0.15) is 56.9 Å². The van der Waals surface area contributed by atoms with Gasteiger partial charge in [-0.15, -0.1) is 0 Å². The average Bonchev–Trinajstić information content (AvgIpc) is 2.61. The molecule has 0 spiro atoms. The van der Waals surface area contributed by atoms with E-state index in [-0.39, 0.29) is 0 Å². The first-order valence-electron chi connectivity index (χ1n) is 9.47. The molecule has 4 heteroatoms. The van der Waals surface area contributed by atoms with Crippen molar-refractivity contribution in [2.75, 3.05) is 19.6 Å². The van der Waals surface area contributed by atoms with Crippen LogP contribution < -0.4 is 5.32 Å². The van der Waals surface area contributed by atoms with Crippen LogP contribution in [0.15, 0.2) is 30.3 Å². The second kappa shape index (κ2) is 7.94. The molecule has 3 rings (SSSR count). The molecule has 3 nitrogen and oxygen atoms in total. The van der Waals surface area contributed by atoms with Gasteiger partial charge in [0.15, 0.2) is 0 Å². The number of hydrogen-bond acceptors (Lipinski definition) is 3. The Labute approximate surface area is 145 Å². The van der Waals surface area contributed by atoms with E-state index in [9.17, 15) is 5.11 Å². The SMILES string of the molecule is CC(O)N1CCC(F)(CN[C@@H]2CCCC[C@H]2c2ccccc2)CC1. The summed E-state index contributed by atoms with van der Waals surface area (Å²) in [7, 11) is 0. The van der Waals surface area contributed by atoms with E-state index in [1.807, 2.05) is 4.90 Å². The van der Waals surface area contributed by atoms with Crippen LogP contribution in [-0.2, 0) is 0 Å². The Bertz CT molecular complexity index is 500. The summed E-state index contributed by atoms with van der Waals surface area (Å²) in [5.74, 6) is 0.501. The van der Waals surface area contributed by atoms with Crippen molar-refractivity contribution < 1.29 is 9.50 Å². The number of hydrogen-bond donors (Lipinski definition) is 2. The molecule has 1 aromatic carbocycles. The van der Waals surface area contributed by atoms with Gasteiger partial charge in [0.25, 0.3) is 0 Å². The van der Waals surface area contributed by atoms with Gasteiger partial charge in [0, 0.05) is 25.7 Å².